The summed E-state index contributed by atoms with van der Waals surface area (Å²) in [6.45, 7) is 0. The predicted octanol–water partition coefficient (Wildman–Crippen LogP) is 0.926. The zero-order valence-electron chi connectivity index (χ0n) is 7.70. The Kier molecular flexibility index (Phi) is 3.32. The van der Waals surface area contributed by atoms with Crippen LogP contribution in [0.4, 0.5) is 0 Å². The molecule has 0 spiro atoms. The molecule has 0 unspecified atom stereocenters. The molecule has 1 rings (SSSR count). The van der Waals surface area contributed by atoms with Crippen LogP contribution in [0.25, 0.3) is 0 Å². The van der Waals surface area contributed by atoms with Crippen molar-refractivity contribution in [2.24, 2.45) is 5.73 Å². The molecule has 0 aliphatic heterocycles. The van der Waals surface area contributed by atoms with Gasteiger partial charge >= 0.3 is 0 Å². The summed E-state index contributed by atoms with van der Waals surface area (Å²) in [5.41, 5.74) is 5.64. The molecule has 0 heterocycles. The standard InChI is InChI=1S/C8H17NO3S/c9-8(4-2-1-3-5-8)6-7-13(10,11)12/h1-7,9H2,(H,10,11,12). The fourth-order valence-electron chi connectivity index (χ4n) is 1.84. The first-order chi connectivity index (χ1) is 5.91. The van der Waals surface area contributed by atoms with Crippen LogP contribution < -0.4 is 5.73 Å². The fourth-order valence-corrected chi connectivity index (χ4v) is 2.50. The molecule has 0 aromatic carbocycles. The van der Waals surface area contributed by atoms with E-state index in [1.165, 1.54) is 6.42 Å². The van der Waals surface area contributed by atoms with Gasteiger partial charge in [0.05, 0.1) is 5.75 Å². The summed E-state index contributed by atoms with van der Waals surface area (Å²) in [6.07, 6.45) is 5.46. The van der Waals surface area contributed by atoms with Gasteiger partial charge in [0.15, 0.2) is 0 Å². The highest BCUT2D eigenvalue weighted by Gasteiger charge is 2.28. The lowest BCUT2D eigenvalue weighted by Gasteiger charge is -2.32. The highest BCUT2D eigenvalue weighted by atomic mass is 32.2. The maximum atomic E-state index is 10.5. The van der Waals surface area contributed by atoms with Gasteiger partial charge in [-0.1, -0.05) is 19.3 Å². The van der Waals surface area contributed by atoms with Gasteiger partial charge in [-0.2, -0.15) is 8.42 Å². The lowest BCUT2D eigenvalue weighted by atomic mass is 9.81. The zero-order chi connectivity index (χ0) is 9.95. The molecule has 0 bridgehead atoms. The van der Waals surface area contributed by atoms with Crippen LogP contribution in [0.5, 0.6) is 0 Å². The van der Waals surface area contributed by atoms with E-state index in [4.69, 9.17) is 10.3 Å². The molecule has 3 N–H and O–H groups in total. The van der Waals surface area contributed by atoms with E-state index in [1.807, 2.05) is 0 Å². The summed E-state index contributed by atoms with van der Waals surface area (Å²) in [7, 11) is -3.84. The summed E-state index contributed by atoms with van der Waals surface area (Å²) >= 11 is 0. The van der Waals surface area contributed by atoms with Gasteiger partial charge in [0.1, 0.15) is 0 Å². The normalized spacial score (nSPS) is 22.9. The second kappa shape index (κ2) is 3.94. The van der Waals surface area contributed by atoms with Crippen LogP contribution in [0.3, 0.4) is 0 Å². The summed E-state index contributed by atoms with van der Waals surface area (Å²) in [5.74, 6) is -0.205. The van der Waals surface area contributed by atoms with Gasteiger partial charge in [-0.15, -0.1) is 0 Å². The van der Waals surface area contributed by atoms with E-state index in [-0.39, 0.29) is 11.3 Å². The van der Waals surface area contributed by atoms with Gasteiger partial charge < -0.3 is 5.73 Å². The summed E-state index contributed by atoms with van der Waals surface area (Å²) in [5, 5.41) is 0. The van der Waals surface area contributed by atoms with Gasteiger partial charge in [0.2, 0.25) is 0 Å². The van der Waals surface area contributed by atoms with Crippen molar-refractivity contribution in [3.8, 4) is 0 Å². The Labute approximate surface area is 79.3 Å². The lowest BCUT2D eigenvalue weighted by Crippen LogP contribution is -2.43. The summed E-state index contributed by atoms with van der Waals surface area (Å²) in [6, 6.07) is 0. The number of hydrogen-bond acceptors (Lipinski definition) is 3. The Morgan fingerprint density at radius 3 is 2.23 bits per heavy atom. The zero-order valence-corrected chi connectivity index (χ0v) is 8.52. The van der Waals surface area contributed by atoms with Crippen LogP contribution in [0.1, 0.15) is 38.5 Å². The topological polar surface area (TPSA) is 80.4 Å². The van der Waals surface area contributed by atoms with Gasteiger partial charge in [-0.3, -0.25) is 4.55 Å². The minimum atomic E-state index is -3.84. The first-order valence-corrected chi connectivity index (χ1v) is 6.26. The molecule has 0 radical (unpaired) electrons. The largest absolute Gasteiger partial charge is 0.325 e. The van der Waals surface area contributed by atoms with E-state index in [0.29, 0.717) is 6.42 Å². The van der Waals surface area contributed by atoms with E-state index >= 15 is 0 Å². The highest BCUT2D eigenvalue weighted by molar-refractivity contribution is 7.85. The Balaban J connectivity index is 2.42. The minimum Gasteiger partial charge on any atom is -0.325 e. The van der Waals surface area contributed by atoms with Crippen molar-refractivity contribution in [3.05, 3.63) is 0 Å². The van der Waals surface area contributed by atoms with Crippen LogP contribution in [0, 0.1) is 0 Å². The van der Waals surface area contributed by atoms with Crippen LogP contribution in [0.2, 0.25) is 0 Å². The van der Waals surface area contributed by atoms with E-state index in [9.17, 15) is 8.42 Å². The molecule has 1 aliphatic carbocycles. The number of rotatable bonds is 3. The Bertz CT molecular complexity index is 255. The molecule has 0 aromatic rings. The second-order valence-corrected chi connectivity index (χ2v) is 5.53. The van der Waals surface area contributed by atoms with Crippen molar-refractivity contribution < 1.29 is 13.0 Å². The van der Waals surface area contributed by atoms with Gasteiger partial charge in [-0.05, 0) is 19.3 Å². The van der Waals surface area contributed by atoms with Crippen molar-refractivity contribution in [2.75, 3.05) is 5.75 Å². The van der Waals surface area contributed by atoms with E-state index in [2.05, 4.69) is 0 Å². The summed E-state index contributed by atoms with van der Waals surface area (Å²) in [4.78, 5) is 0. The lowest BCUT2D eigenvalue weighted by molar-refractivity contribution is 0.286. The molecular formula is C8H17NO3S. The third kappa shape index (κ3) is 4.06. The minimum absolute atomic E-state index is 0.205. The van der Waals surface area contributed by atoms with Crippen molar-refractivity contribution >= 4 is 10.1 Å². The smallest absolute Gasteiger partial charge is 0.264 e. The van der Waals surface area contributed by atoms with Crippen molar-refractivity contribution in [2.45, 2.75) is 44.1 Å². The summed E-state index contributed by atoms with van der Waals surface area (Å²) < 4.78 is 29.6. The average Bonchev–Trinajstić information content (AvgIpc) is 2.02. The van der Waals surface area contributed by atoms with Crippen LogP contribution in [-0.4, -0.2) is 24.3 Å². The third-order valence-corrected chi connectivity index (χ3v) is 3.43. The van der Waals surface area contributed by atoms with Crippen LogP contribution >= 0.6 is 0 Å². The Morgan fingerprint density at radius 2 is 1.77 bits per heavy atom. The third-order valence-electron chi connectivity index (χ3n) is 2.71. The first kappa shape index (κ1) is 10.9. The van der Waals surface area contributed by atoms with Crippen molar-refractivity contribution in [1.82, 2.24) is 0 Å². The fraction of sp³-hybridized carbons (Fsp3) is 1.00. The number of hydrogen-bond donors (Lipinski definition) is 2. The molecule has 13 heavy (non-hydrogen) atoms. The molecule has 5 heteroatoms. The predicted molar refractivity (Wildman–Crippen MR) is 51.0 cm³/mol. The van der Waals surface area contributed by atoms with E-state index in [0.717, 1.165) is 25.7 Å². The molecular weight excluding hydrogens is 190 g/mol. The molecule has 0 aromatic heterocycles. The van der Waals surface area contributed by atoms with Gasteiger partial charge in [0, 0.05) is 5.54 Å². The Hall–Kier alpha value is -0.130. The molecule has 1 saturated carbocycles. The maximum Gasteiger partial charge on any atom is 0.264 e. The van der Waals surface area contributed by atoms with Crippen molar-refractivity contribution in [1.29, 1.82) is 0 Å². The maximum absolute atomic E-state index is 10.5. The van der Waals surface area contributed by atoms with E-state index < -0.39 is 10.1 Å². The first-order valence-electron chi connectivity index (χ1n) is 4.65. The van der Waals surface area contributed by atoms with Gasteiger partial charge in [0.25, 0.3) is 10.1 Å². The molecule has 4 nitrogen and oxygen atoms in total. The second-order valence-electron chi connectivity index (χ2n) is 3.96. The van der Waals surface area contributed by atoms with Crippen LogP contribution in [0.15, 0.2) is 0 Å². The van der Waals surface area contributed by atoms with Crippen molar-refractivity contribution in [3.63, 3.8) is 0 Å². The Morgan fingerprint density at radius 1 is 1.23 bits per heavy atom. The monoisotopic (exact) mass is 207 g/mol. The molecule has 1 fully saturated rings. The van der Waals surface area contributed by atoms with Gasteiger partial charge in [-0.25, -0.2) is 0 Å². The molecule has 0 atom stereocenters. The molecule has 0 saturated heterocycles. The molecule has 0 amide bonds. The number of nitrogens with two attached hydrogens (primary N) is 1. The molecule has 1 aliphatic rings. The average molecular weight is 207 g/mol. The molecule has 78 valence electrons. The van der Waals surface area contributed by atoms with E-state index in [1.54, 1.807) is 0 Å². The SMILES string of the molecule is NC1(CCS(=O)(=O)O)CCCCC1. The highest BCUT2D eigenvalue weighted by Crippen LogP contribution is 2.28. The quantitative estimate of drug-likeness (QED) is 0.674. The van der Waals surface area contributed by atoms with Crippen LogP contribution in [-0.2, 0) is 10.1 Å².